The average Bonchev–Trinajstić information content (AvgIpc) is 3.55. The van der Waals surface area contributed by atoms with Crippen LogP contribution in [0.3, 0.4) is 0 Å². The molecule has 3 rings (SSSR count). The quantitative estimate of drug-likeness (QED) is 0.112. The van der Waals surface area contributed by atoms with Gasteiger partial charge >= 0.3 is 0 Å². The van der Waals surface area contributed by atoms with Gasteiger partial charge in [0.25, 0.3) is 0 Å². The van der Waals surface area contributed by atoms with E-state index in [4.69, 9.17) is 5.73 Å². The van der Waals surface area contributed by atoms with Crippen LogP contribution in [-0.4, -0.2) is 102 Å². The van der Waals surface area contributed by atoms with Gasteiger partial charge in [-0.2, -0.15) is 11.8 Å². The molecule has 2 aromatic rings. The smallest absolute Gasteiger partial charge is 0.245 e. The molecule has 0 aromatic heterocycles. The first-order valence-electron chi connectivity index (χ1n) is 17.4. The molecule has 1 aliphatic heterocycles. The van der Waals surface area contributed by atoms with Gasteiger partial charge in [-0.3, -0.25) is 33.6 Å². The summed E-state index contributed by atoms with van der Waals surface area (Å²) in [5.74, 6) is -3.19. The number of likely N-dealkylation sites (N-methyl/N-ethyl adjacent to an activating group) is 1. The molecule has 2 aromatic carbocycles. The Bertz CT molecular complexity index is 1540. The number of thioether (sulfide) groups is 1. The Morgan fingerprint density at radius 3 is 1.90 bits per heavy atom. The van der Waals surface area contributed by atoms with Crippen molar-refractivity contribution in [3.05, 3.63) is 71.8 Å². The Balaban J connectivity index is 1.77. The van der Waals surface area contributed by atoms with Crippen LogP contribution in [0.15, 0.2) is 60.7 Å². The molecular weight excluding hydrogens is 687 g/mol. The summed E-state index contributed by atoms with van der Waals surface area (Å²) < 4.78 is 0. The number of hydrogen-bond acceptors (Lipinski definition) is 8. The molecule has 5 atom stereocenters. The van der Waals surface area contributed by atoms with Gasteiger partial charge in [0.05, 0.1) is 6.54 Å². The molecule has 15 heteroatoms. The molecule has 0 unspecified atom stereocenters. The van der Waals surface area contributed by atoms with Crippen LogP contribution in [0, 0.1) is 5.92 Å². The SMILES string of the molecule is CSCC[C@H](NC(=O)[C@H](CC(C)C)NC(=O)CN(C)C(=O)[C@H](Cc1ccccc1)NC(=O)[C@H](Cc1ccccc1)NC(=O)[C@@H]1CCC(=O)N1)C(N)=O. The third-order valence-corrected chi connectivity index (χ3v) is 9.16. The van der Waals surface area contributed by atoms with E-state index in [0.29, 0.717) is 18.6 Å². The second-order valence-electron chi connectivity index (χ2n) is 13.3. The number of hydrogen-bond donors (Lipinski definition) is 6. The van der Waals surface area contributed by atoms with Gasteiger partial charge in [0.15, 0.2) is 0 Å². The molecule has 52 heavy (non-hydrogen) atoms. The molecule has 0 spiro atoms. The number of carbonyl (C=O) groups excluding carboxylic acids is 7. The minimum Gasteiger partial charge on any atom is -0.368 e. The van der Waals surface area contributed by atoms with E-state index in [-0.39, 0.29) is 37.5 Å². The minimum absolute atomic E-state index is 0.00774. The third-order valence-electron chi connectivity index (χ3n) is 8.51. The summed E-state index contributed by atoms with van der Waals surface area (Å²) >= 11 is 1.50. The first-order chi connectivity index (χ1) is 24.8. The van der Waals surface area contributed by atoms with E-state index in [0.717, 1.165) is 16.0 Å². The zero-order chi connectivity index (χ0) is 38.2. The number of carbonyl (C=O) groups is 7. The van der Waals surface area contributed by atoms with E-state index < -0.39 is 72.2 Å². The molecule has 0 bridgehead atoms. The van der Waals surface area contributed by atoms with Crippen molar-refractivity contribution in [1.29, 1.82) is 0 Å². The van der Waals surface area contributed by atoms with Crippen LogP contribution in [0.1, 0.15) is 50.7 Å². The van der Waals surface area contributed by atoms with Gasteiger partial charge < -0.3 is 37.2 Å². The van der Waals surface area contributed by atoms with Crippen molar-refractivity contribution in [2.75, 3.05) is 25.6 Å². The van der Waals surface area contributed by atoms with E-state index in [1.165, 1.54) is 18.8 Å². The monoisotopic (exact) mass is 737 g/mol. The lowest BCUT2D eigenvalue weighted by molar-refractivity contribution is -0.139. The Labute approximate surface area is 309 Å². The fourth-order valence-electron chi connectivity index (χ4n) is 5.76. The van der Waals surface area contributed by atoms with Gasteiger partial charge in [-0.25, -0.2) is 0 Å². The van der Waals surface area contributed by atoms with Crippen molar-refractivity contribution in [2.24, 2.45) is 11.7 Å². The van der Waals surface area contributed by atoms with Crippen molar-refractivity contribution >= 4 is 53.1 Å². The molecule has 282 valence electrons. The molecule has 1 saturated heterocycles. The zero-order valence-electron chi connectivity index (χ0n) is 30.2. The van der Waals surface area contributed by atoms with E-state index in [1.54, 1.807) is 24.3 Å². The normalized spacial score (nSPS) is 16.1. The first-order valence-corrected chi connectivity index (χ1v) is 18.8. The van der Waals surface area contributed by atoms with Gasteiger partial charge in [-0.05, 0) is 48.3 Å². The van der Waals surface area contributed by atoms with E-state index in [1.807, 2.05) is 56.5 Å². The zero-order valence-corrected chi connectivity index (χ0v) is 31.0. The molecule has 7 amide bonds. The van der Waals surface area contributed by atoms with Crippen molar-refractivity contribution in [1.82, 2.24) is 31.5 Å². The maximum absolute atomic E-state index is 13.9. The maximum Gasteiger partial charge on any atom is 0.245 e. The van der Waals surface area contributed by atoms with Gasteiger partial charge in [0.1, 0.15) is 30.2 Å². The highest BCUT2D eigenvalue weighted by Crippen LogP contribution is 2.12. The summed E-state index contributed by atoms with van der Waals surface area (Å²) in [6.45, 7) is 3.34. The van der Waals surface area contributed by atoms with Crippen LogP contribution in [-0.2, 0) is 46.4 Å². The Kier molecular flexibility index (Phi) is 16.6. The molecule has 0 saturated carbocycles. The summed E-state index contributed by atoms with van der Waals surface area (Å²) in [4.78, 5) is 92.3. The molecule has 7 N–H and O–H groups in total. The second-order valence-corrected chi connectivity index (χ2v) is 14.3. The Hall–Kier alpha value is -4.92. The molecule has 0 aliphatic carbocycles. The number of rotatable bonds is 20. The standard InChI is InChI=1S/C37H51N7O7S/c1-23(2)19-28(35(49)41-26(33(38)47)17-18-52-4)40-32(46)22-44(3)37(51)30(21-25-13-9-6-10-14-25)43-36(50)29(20-24-11-7-5-8-12-24)42-34(48)27-15-16-31(45)39-27/h5-14,23,26-30H,15-22H2,1-4H3,(H2,38,47)(H,39,45)(H,40,46)(H,41,49)(H,42,48)(H,43,50)/t26-,27-,28-,29-,30-/m0/s1. The minimum atomic E-state index is -1.13. The van der Waals surface area contributed by atoms with Crippen LogP contribution in [0.5, 0.6) is 0 Å². The average molecular weight is 738 g/mol. The van der Waals surface area contributed by atoms with Gasteiger partial charge in [-0.1, -0.05) is 74.5 Å². The van der Waals surface area contributed by atoms with Crippen LogP contribution in [0.25, 0.3) is 0 Å². The molecule has 14 nitrogen and oxygen atoms in total. The Morgan fingerprint density at radius 1 is 0.827 bits per heavy atom. The predicted octanol–water partition coefficient (Wildman–Crippen LogP) is 0.433. The predicted molar refractivity (Wildman–Crippen MR) is 198 cm³/mol. The van der Waals surface area contributed by atoms with Crippen LogP contribution >= 0.6 is 11.8 Å². The van der Waals surface area contributed by atoms with Gasteiger partial charge in [0.2, 0.25) is 41.4 Å². The van der Waals surface area contributed by atoms with Gasteiger partial charge in [-0.15, -0.1) is 0 Å². The maximum atomic E-state index is 13.9. The molecule has 1 heterocycles. The van der Waals surface area contributed by atoms with Crippen molar-refractivity contribution < 1.29 is 33.6 Å². The lowest BCUT2D eigenvalue weighted by Crippen LogP contribution is -2.58. The number of primary amides is 1. The van der Waals surface area contributed by atoms with E-state index >= 15 is 0 Å². The van der Waals surface area contributed by atoms with Crippen molar-refractivity contribution in [2.45, 2.75) is 82.6 Å². The summed E-state index contributed by atoms with van der Waals surface area (Å²) in [5.41, 5.74) is 7.01. The van der Waals surface area contributed by atoms with Crippen LogP contribution in [0.2, 0.25) is 0 Å². The van der Waals surface area contributed by atoms with Crippen molar-refractivity contribution in [3.8, 4) is 0 Å². The molecule has 0 radical (unpaired) electrons. The fourth-order valence-corrected chi connectivity index (χ4v) is 6.23. The lowest BCUT2D eigenvalue weighted by atomic mass is 10.0. The topological polar surface area (TPSA) is 209 Å². The van der Waals surface area contributed by atoms with E-state index in [2.05, 4.69) is 26.6 Å². The lowest BCUT2D eigenvalue weighted by Gasteiger charge is -2.28. The number of benzene rings is 2. The highest BCUT2D eigenvalue weighted by atomic mass is 32.2. The van der Waals surface area contributed by atoms with Crippen LogP contribution < -0.4 is 32.3 Å². The number of nitrogens with two attached hydrogens (primary N) is 1. The summed E-state index contributed by atoms with van der Waals surface area (Å²) in [5, 5.41) is 13.5. The number of nitrogens with one attached hydrogen (secondary N) is 5. The number of nitrogens with zero attached hydrogens (tertiary/aromatic N) is 1. The van der Waals surface area contributed by atoms with Crippen molar-refractivity contribution in [3.63, 3.8) is 0 Å². The first kappa shape index (κ1) is 41.5. The fraction of sp³-hybridized carbons (Fsp3) is 0.486. The van der Waals surface area contributed by atoms with Gasteiger partial charge in [0, 0.05) is 26.3 Å². The largest absolute Gasteiger partial charge is 0.368 e. The highest BCUT2D eigenvalue weighted by molar-refractivity contribution is 7.98. The second kappa shape index (κ2) is 20.8. The Morgan fingerprint density at radius 2 is 1.38 bits per heavy atom. The highest BCUT2D eigenvalue weighted by Gasteiger charge is 2.34. The molecule has 1 aliphatic rings. The number of amides is 7. The molecular formula is C37H51N7O7S. The molecule has 1 fully saturated rings. The van der Waals surface area contributed by atoms with E-state index in [9.17, 15) is 33.6 Å². The summed E-state index contributed by atoms with van der Waals surface area (Å²) in [6, 6.07) is 13.2. The third kappa shape index (κ3) is 13.7. The summed E-state index contributed by atoms with van der Waals surface area (Å²) in [6.07, 6.45) is 3.20. The van der Waals surface area contributed by atoms with Crippen LogP contribution in [0.4, 0.5) is 0 Å². The summed E-state index contributed by atoms with van der Waals surface area (Å²) in [7, 11) is 1.42.